The second-order valence-electron chi connectivity index (χ2n) is 5.70. The van der Waals surface area contributed by atoms with Gasteiger partial charge in [-0.3, -0.25) is 4.79 Å². The Labute approximate surface area is 152 Å². The topological polar surface area (TPSA) is 91.8 Å². The van der Waals surface area contributed by atoms with Gasteiger partial charge >= 0.3 is 0 Å². The van der Waals surface area contributed by atoms with E-state index in [2.05, 4.69) is 28.5 Å². The largest absolute Gasteiger partial charge is 0.360 e. The average molecular weight is 358 g/mol. The molecule has 7 heteroatoms. The number of carbonyl (C=O) groups is 1. The number of hydrogen-bond donors (Lipinski definition) is 1. The number of rotatable bonds is 8. The Kier molecular flexibility index (Phi) is 7.02. The molecule has 0 aliphatic rings. The molecule has 0 fully saturated rings. The van der Waals surface area contributed by atoms with E-state index < -0.39 is 0 Å². The predicted molar refractivity (Wildman–Crippen MR) is 97.4 cm³/mol. The lowest BCUT2D eigenvalue weighted by molar-refractivity contribution is -0.115. The summed E-state index contributed by atoms with van der Waals surface area (Å²) < 4.78 is 4.96. The standard InChI is InChI=1S/C18H22N4O2S/c1-4-6-7-14-9-8-13(11-19)18(20-14)25-15(5-2)17(23)21-16-10-12(3)24-22-16/h8-10,15H,4-7H2,1-3H3,(H,21,22,23). The Morgan fingerprint density at radius 1 is 1.44 bits per heavy atom. The highest BCUT2D eigenvalue weighted by Gasteiger charge is 2.21. The van der Waals surface area contributed by atoms with Gasteiger partial charge in [-0.1, -0.05) is 37.2 Å². The average Bonchev–Trinajstić information content (AvgIpc) is 3.02. The Balaban J connectivity index is 2.13. The van der Waals surface area contributed by atoms with Gasteiger partial charge in [0.1, 0.15) is 16.9 Å². The molecule has 0 radical (unpaired) electrons. The number of aromatic nitrogens is 2. The summed E-state index contributed by atoms with van der Waals surface area (Å²) >= 11 is 1.32. The van der Waals surface area contributed by atoms with E-state index in [1.807, 2.05) is 13.0 Å². The molecule has 2 aromatic heterocycles. The number of thioether (sulfide) groups is 1. The maximum atomic E-state index is 12.5. The number of aryl methyl sites for hydroxylation is 2. The number of unbranched alkanes of at least 4 members (excludes halogenated alkanes) is 1. The number of nitrogens with one attached hydrogen (secondary N) is 1. The molecular formula is C18H22N4O2S. The molecule has 1 N–H and O–H groups in total. The van der Waals surface area contributed by atoms with E-state index in [0.29, 0.717) is 28.6 Å². The predicted octanol–water partition coefficient (Wildman–Crippen LogP) is 4.10. The first kappa shape index (κ1) is 19.0. The third kappa shape index (κ3) is 5.33. The molecule has 6 nitrogen and oxygen atoms in total. The van der Waals surface area contributed by atoms with Crippen molar-refractivity contribution in [3.05, 3.63) is 35.2 Å². The van der Waals surface area contributed by atoms with Crippen molar-refractivity contribution in [2.75, 3.05) is 5.32 Å². The molecule has 0 aliphatic carbocycles. The highest BCUT2D eigenvalue weighted by molar-refractivity contribution is 8.00. The van der Waals surface area contributed by atoms with Gasteiger partial charge in [0.2, 0.25) is 5.91 Å². The molecule has 2 aromatic rings. The number of carbonyl (C=O) groups excluding carboxylic acids is 1. The molecule has 2 rings (SSSR count). The van der Waals surface area contributed by atoms with E-state index in [9.17, 15) is 10.1 Å². The van der Waals surface area contributed by atoms with Gasteiger partial charge in [0.25, 0.3) is 0 Å². The molecule has 25 heavy (non-hydrogen) atoms. The molecule has 1 unspecified atom stereocenters. The molecule has 0 saturated heterocycles. The number of nitriles is 1. The molecule has 1 amide bonds. The van der Waals surface area contributed by atoms with Crippen molar-refractivity contribution in [1.29, 1.82) is 5.26 Å². The second-order valence-corrected chi connectivity index (χ2v) is 6.89. The van der Waals surface area contributed by atoms with Crippen molar-refractivity contribution in [3.8, 4) is 6.07 Å². The molecular weight excluding hydrogens is 336 g/mol. The van der Waals surface area contributed by atoms with Crippen LogP contribution in [-0.4, -0.2) is 21.3 Å². The van der Waals surface area contributed by atoms with Crippen molar-refractivity contribution in [1.82, 2.24) is 10.1 Å². The lowest BCUT2D eigenvalue weighted by atomic mass is 10.2. The Morgan fingerprint density at radius 3 is 2.84 bits per heavy atom. The fraction of sp³-hybridized carbons (Fsp3) is 0.444. The van der Waals surface area contributed by atoms with Gasteiger partial charge in [-0.05, 0) is 38.3 Å². The molecule has 132 valence electrons. The zero-order valence-electron chi connectivity index (χ0n) is 14.7. The number of anilines is 1. The summed E-state index contributed by atoms with van der Waals surface area (Å²) in [7, 11) is 0. The molecule has 2 heterocycles. The van der Waals surface area contributed by atoms with Crippen LogP contribution in [-0.2, 0) is 11.2 Å². The van der Waals surface area contributed by atoms with Gasteiger partial charge in [-0.15, -0.1) is 0 Å². The first-order chi connectivity index (χ1) is 12.1. The Hall–Kier alpha value is -2.33. The van der Waals surface area contributed by atoms with E-state index in [-0.39, 0.29) is 11.2 Å². The third-order valence-electron chi connectivity index (χ3n) is 3.62. The van der Waals surface area contributed by atoms with Gasteiger partial charge in [0.15, 0.2) is 5.82 Å². The van der Waals surface area contributed by atoms with Crippen LogP contribution in [0.2, 0.25) is 0 Å². The summed E-state index contributed by atoms with van der Waals surface area (Å²) in [6.07, 6.45) is 3.61. The molecule has 0 bridgehead atoms. The number of pyridine rings is 1. The summed E-state index contributed by atoms with van der Waals surface area (Å²) in [6, 6.07) is 7.49. The lowest BCUT2D eigenvalue weighted by Crippen LogP contribution is -2.25. The zero-order valence-corrected chi connectivity index (χ0v) is 15.5. The van der Waals surface area contributed by atoms with Crippen LogP contribution in [0, 0.1) is 18.3 Å². The van der Waals surface area contributed by atoms with Crippen LogP contribution >= 0.6 is 11.8 Å². The molecule has 0 aliphatic heterocycles. The van der Waals surface area contributed by atoms with Crippen LogP contribution in [0.1, 0.15) is 50.1 Å². The number of hydrogen-bond acceptors (Lipinski definition) is 6. The minimum Gasteiger partial charge on any atom is -0.360 e. The van der Waals surface area contributed by atoms with Gasteiger partial charge < -0.3 is 9.84 Å². The van der Waals surface area contributed by atoms with E-state index in [1.165, 1.54) is 11.8 Å². The van der Waals surface area contributed by atoms with Gasteiger partial charge in [0, 0.05) is 11.8 Å². The van der Waals surface area contributed by atoms with Crippen LogP contribution in [0.3, 0.4) is 0 Å². The third-order valence-corrected chi connectivity index (χ3v) is 4.99. The summed E-state index contributed by atoms with van der Waals surface area (Å²) in [5, 5.41) is 16.1. The quantitative estimate of drug-likeness (QED) is 0.714. The van der Waals surface area contributed by atoms with Gasteiger partial charge in [0.05, 0.1) is 10.8 Å². The van der Waals surface area contributed by atoms with Crippen LogP contribution in [0.25, 0.3) is 0 Å². The first-order valence-electron chi connectivity index (χ1n) is 8.38. The molecule has 0 saturated carbocycles. The second kappa shape index (κ2) is 9.23. The van der Waals surface area contributed by atoms with E-state index >= 15 is 0 Å². The molecule has 1 atom stereocenters. The lowest BCUT2D eigenvalue weighted by Gasteiger charge is -2.14. The fourth-order valence-electron chi connectivity index (χ4n) is 2.24. The monoisotopic (exact) mass is 358 g/mol. The minimum absolute atomic E-state index is 0.176. The molecule has 0 spiro atoms. The van der Waals surface area contributed by atoms with E-state index in [0.717, 1.165) is 25.0 Å². The maximum absolute atomic E-state index is 12.5. The SMILES string of the molecule is CCCCc1ccc(C#N)c(SC(CC)C(=O)Nc2cc(C)on2)n1. The Morgan fingerprint density at radius 2 is 2.24 bits per heavy atom. The van der Waals surface area contributed by atoms with E-state index in [4.69, 9.17) is 4.52 Å². The fourth-order valence-corrected chi connectivity index (χ4v) is 3.25. The summed E-state index contributed by atoms with van der Waals surface area (Å²) in [6.45, 7) is 5.82. The van der Waals surface area contributed by atoms with Gasteiger partial charge in [-0.2, -0.15) is 5.26 Å². The summed E-state index contributed by atoms with van der Waals surface area (Å²) in [5.41, 5.74) is 1.44. The highest BCUT2D eigenvalue weighted by atomic mass is 32.2. The van der Waals surface area contributed by atoms with Crippen molar-refractivity contribution in [2.45, 2.75) is 56.7 Å². The minimum atomic E-state index is -0.363. The number of nitrogens with zero attached hydrogens (tertiary/aromatic N) is 3. The first-order valence-corrected chi connectivity index (χ1v) is 9.26. The highest BCUT2D eigenvalue weighted by Crippen LogP contribution is 2.28. The van der Waals surface area contributed by atoms with E-state index in [1.54, 1.807) is 19.1 Å². The maximum Gasteiger partial charge on any atom is 0.239 e. The summed E-state index contributed by atoms with van der Waals surface area (Å²) in [5.74, 6) is 0.852. The molecule has 0 aromatic carbocycles. The Bertz CT molecular complexity index is 767. The number of amides is 1. The van der Waals surface area contributed by atoms with Crippen LogP contribution in [0.15, 0.2) is 27.7 Å². The van der Waals surface area contributed by atoms with Crippen molar-refractivity contribution >= 4 is 23.5 Å². The van der Waals surface area contributed by atoms with Crippen molar-refractivity contribution in [3.63, 3.8) is 0 Å². The van der Waals surface area contributed by atoms with Crippen LogP contribution < -0.4 is 5.32 Å². The van der Waals surface area contributed by atoms with Crippen molar-refractivity contribution < 1.29 is 9.32 Å². The van der Waals surface area contributed by atoms with Crippen LogP contribution in [0.4, 0.5) is 5.82 Å². The van der Waals surface area contributed by atoms with Gasteiger partial charge in [-0.25, -0.2) is 4.98 Å². The normalized spacial score (nSPS) is 11.8. The van der Waals surface area contributed by atoms with Crippen LogP contribution in [0.5, 0.6) is 0 Å². The van der Waals surface area contributed by atoms with Crippen molar-refractivity contribution in [2.24, 2.45) is 0 Å². The smallest absolute Gasteiger partial charge is 0.239 e. The summed E-state index contributed by atoms with van der Waals surface area (Å²) in [4.78, 5) is 17.1. The zero-order chi connectivity index (χ0) is 18.2.